The van der Waals surface area contributed by atoms with Crippen molar-refractivity contribution in [1.82, 2.24) is 0 Å². The topological polar surface area (TPSA) is 85.2 Å². The molecular weight excluding hydrogens is 312 g/mol. The van der Waals surface area contributed by atoms with E-state index in [0.717, 1.165) is 17.4 Å². The first kappa shape index (κ1) is 16.1. The Bertz CT molecular complexity index is 770. The van der Waals surface area contributed by atoms with Crippen LogP contribution in [0.15, 0.2) is 30.3 Å². The average molecular weight is 330 g/mol. The smallest absolute Gasteiger partial charge is 0.165 e. The average Bonchev–Trinajstić information content (AvgIpc) is 2.99. The van der Waals surface area contributed by atoms with Crippen molar-refractivity contribution in [2.24, 2.45) is 0 Å². The molecule has 3 rings (SSSR count). The zero-order valence-electron chi connectivity index (χ0n) is 13.4. The summed E-state index contributed by atoms with van der Waals surface area (Å²) in [5.41, 5.74) is 1.92. The van der Waals surface area contributed by atoms with Gasteiger partial charge in [-0.05, 0) is 29.8 Å². The summed E-state index contributed by atoms with van der Waals surface area (Å²) in [7, 11) is 2.96. The highest BCUT2D eigenvalue weighted by Crippen LogP contribution is 2.51. The number of aliphatic hydroxyl groups is 1. The number of methoxy groups -OCH3 is 2. The number of hydrogen-bond acceptors (Lipinski definition) is 6. The number of phenolic OH excluding ortho intramolecular Hbond substituents is 1. The predicted octanol–water partition coefficient (Wildman–Crippen LogP) is 2.43. The van der Waals surface area contributed by atoms with Crippen LogP contribution in [0.4, 0.5) is 0 Å². The number of fused-ring (bicyclic) bond motifs is 1. The lowest BCUT2D eigenvalue weighted by molar-refractivity contribution is 0.112. The lowest BCUT2D eigenvalue weighted by atomic mass is 9.90. The second-order valence-electron chi connectivity index (χ2n) is 5.52. The number of rotatable bonds is 5. The summed E-state index contributed by atoms with van der Waals surface area (Å²) in [6, 6.07) is 8.19. The van der Waals surface area contributed by atoms with E-state index in [1.807, 2.05) is 0 Å². The molecule has 0 spiro atoms. The molecule has 0 amide bonds. The number of aromatic hydroxyl groups is 1. The van der Waals surface area contributed by atoms with Crippen molar-refractivity contribution in [3.8, 4) is 23.0 Å². The monoisotopic (exact) mass is 330 g/mol. The van der Waals surface area contributed by atoms with Crippen LogP contribution in [0.5, 0.6) is 23.0 Å². The molecule has 0 radical (unpaired) electrons. The van der Waals surface area contributed by atoms with Gasteiger partial charge < -0.3 is 24.4 Å². The van der Waals surface area contributed by atoms with Gasteiger partial charge in [0, 0.05) is 11.1 Å². The van der Waals surface area contributed by atoms with Gasteiger partial charge in [-0.3, -0.25) is 4.79 Å². The number of carbonyl (C=O) groups is 1. The van der Waals surface area contributed by atoms with E-state index in [0.29, 0.717) is 22.8 Å². The van der Waals surface area contributed by atoms with E-state index in [4.69, 9.17) is 14.2 Å². The Morgan fingerprint density at radius 2 is 1.92 bits per heavy atom. The van der Waals surface area contributed by atoms with Crippen LogP contribution in [-0.4, -0.2) is 37.3 Å². The minimum atomic E-state index is -0.477. The van der Waals surface area contributed by atoms with Gasteiger partial charge in [0.05, 0.1) is 26.7 Å². The Labute approximate surface area is 139 Å². The molecule has 2 N–H and O–H groups in total. The van der Waals surface area contributed by atoms with Crippen LogP contribution < -0.4 is 14.2 Å². The maximum absolute atomic E-state index is 11.1. The van der Waals surface area contributed by atoms with E-state index < -0.39 is 6.10 Å². The molecule has 0 aromatic heterocycles. The van der Waals surface area contributed by atoms with Crippen LogP contribution in [0, 0.1) is 0 Å². The fourth-order valence-electron chi connectivity index (χ4n) is 3.00. The first-order valence-corrected chi connectivity index (χ1v) is 7.44. The summed E-state index contributed by atoms with van der Waals surface area (Å²) in [5.74, 6) is 0.950. The van der Waals surface area contributed by atoms with E-state index in [1.54, 1.807) is 24.3 Å². The van der Waals surface area contributed by atoms with E-state index in [1.165, 1.54) is 20.3 Å². The first-order valence-electron chi connectivity index (χ1n) is 7.44. The highest BCUT2D eigenvalue weighted by molar-refractivity contribution is 5.78. The zero-order chi connectivity index (χ0) is 17.3. The molecule has 0 unspecified atom stereocenters. The van der Waals surface area contributed by atoms with Crippen molar-refractivity contribution in [2.45, 2.75) is 12.0 Å². The first-order chi connectivity index (χ1) is 11.6. The fourth-order valence-corrected chi connectivity index (χ4v) is 3.00. The molecular formula is C18H18O6. The van der Waals surface area contributed by atoms with Crippen LogP contribution in [0.25, 0.3) is 0 Å². The van der Waals surface area contributed by atoms with Gasteiger partial charge in [-0.2, -0.15) is 0 Å². The highest BCUT2D eigenvalue weighted by Gasteiger charge is 2.38. The number of phenols is 1. The SMILES string of the molecule is COc1cc([C@H]2Oc3c(OC)cc(C=O)cc3[C@@H]2CO)ccc1O. The summed E-state index contributed by atoms with van der Waals surface area (Å²) in [4.78, 5) is 11.1. The molecule has 1 aliphatic heterocycles. The molecule has 0 aliphatic carbocycles. The van der Waals surface area contributed by atoms with Crippen molar-refractivity contribution in [2.75, 3.05) is 20.8 Å². The van der Waals surface area contributed by atoms with E-state index in [-0.39, 0.29) is 18.3 Å². The molecule has 0 fully saturated rings. The summed E-state index contributed by atoms with van der Waals surface area (Å²) in [6.45, 7) is -0.160. The quantitative estimate of drug-likeness (QED) is 0.819. The van der Waals surface area contributed by atoms with E-state index >= 15 is 0 Å². The Morgan fingerprint density at radius 1 is 1.17 bits per heavy atom. The third-order valence-electron chi connectivity index (χ3n) is 4.20. The van der Waals surface area contributed by atoms with Crippen molar-refractivity contribution >= 4 is 6.29 Å². The standard InChI is InChI=1S/C18H18O6/c1-22-15-7-11(3-4-14(15)21)17-13(9-20)12-5-10(8-19)6-16(23-2)18(12)24-17/h3-8,13,17,20-21H,9H2,1-2H3/t13-,17+/m0/s1. The van der Waals surface area contributed by atoms with E-state index in [9.17, 15) is 15.0 Å². The van der Waals surface area contributed by atoms with Gasteiger partial charge in [0.2, 0.25) is 0 Å². The van der Waals surface area contributed by atoms with Gasteiger partial charge in [0.25, 0.3) is 0 Å². The predicted molar refractivity (Wildman–Crippen MR) is 86.2 cm³/mol. The van der Waals surface area contributed by atoms with Gasteiger partial charge >= 0.3 is 0 Å². The second-order valence-corrected chi connectivity index (χ2v) is 5.52. The number of ether oxygens (including phenoxy) is 3. The second kappa shape index (κ2) is 6.41. The van der Waals surface area contributed by atoms with Crippen LogP contribution >= 0.6 is 0 Å². The zero-order valence-corrected chi connectivity index (χ0v) is 13.4. The van der Waals surface area contributed by atoms with Crippen LogP contribution in [0.1, 0.15) is 33.5 Å². The molecule has 2 atom stereocenters. The fraction of sp³-hybridized carbons (Fsp3) is 0.278. The van der Waals surface area contributed by atoms with E-state index in [2.05, 4.69) is 0 Å². The van der Waals surface area contributed by atoms with Crippen molar-refractivity contribution < 1.29 is 29.2 Å². The maximum atomic E-state index is 11.1. The van der Waals surface area contributed by atoms with Gasteiger partial charge in [0.15, 0.2) is 23.0 Å². The lowest BCUT2D eigenvalue weighted by Crippen LogP contribution is -2.13. The van der Waals surface area contributed by atoms with Gasteiger partial charge in [0.1, 0.15) is 12.4 Å². The largest absolute Gasteiger partial charge is 0.504 e. The highest BCUT2D eigenvalue weighted by atomic mass is 16.5. The maximum Gasteiger partial charge on any atom is 0.165 e. The molecule has 1 aliphatic rings. The summed E-state index contributed by atoms with van der Waals surface area (Å²) < 4.78 is 16.5. The molecule has 1 heterocycles. The molecule has 0 saturated carbocycles. The summed E-state index contributed by atoms with van der Waals surface area (Å²) in [6.07, 6.45) is 0.254. The number of aldehydes is 1. The molecule has 2 aromatic carbocycles. The molecule has 2 aromatic rings. The molecule has 6 nitrogen and oxygen atoms in total. The van der Waals surface area contributed by atoms with Gasteiger partial charge in [-0.1, -0.05) is 6.07 Å². The molecule has 6 heteroatoms. The molecule has 0 bridgehead atoms. The van der Waals surface area contributed by atoms with Crippen LogP contribution in [-0.2, 0) is 0 Å². The Morgan fingerprint density at radius 3 is 2.54 bits per heavy atom. The minimum absolute atomic E-state index is 0.0260. The van der Waals surface area contributed by atoms with Gasteiger partial charge in [-0.15, -0.1) is 0 Å². The van der Waals surface area contributed by atoms with Crippen LogP contribution in [0.3, 0.4) is 0 Å². The van der Waals surface area contributed by atoms with Crippen molar-refractivity contribution in [1.29, 1.82) is 0 Å². The Hall–Kier alpha value is -2.73. The molecule has 24 heavy (non-hydrogen) atoms. The Balaban J connectivity index is 2.07. The third-order valence-corrected chi connectivity index (χ3v) is 4.20. The number of aliphatic hydroxyl groups excluding tert-OH is 1. The number of benzene rings is 2. The van der Waals surface area contributed by atoms with Crippen LogP contribution in [0.2, 0.25) is 0 Å². The molecule has 0 saturated heterocycles. The van der Waals surface area contributed by atoms with Crippen molar-refractivity contribution in [3.63, 3.8) is 0 Å². The Kier molecular flexibility index (Phi) is 4.31. The summed E-state index contributed by atoms with van der Waals surface area (Å²) in [5, 5.41) is 19.6. The lowest BCUT2D eigenvalue weighted by Gasteiger charge is -2.18. The summed E-state index contributed by atoms with van der Waals surface area (Å²) >= 11 is 0. The van der Waals surface area contributed by atoms with Gasteiger partial charge in [-0.25, -0.2) is 0 Å². The normalized spacial score (nSPS) is 18.6. The van der Waals surface area contributed by atoms with Crippen molar-refractivity contribution in [3.05, 3.63) is 47.0 Å². The third kappa shape index (κ3) is 2.55. The molecule has 126 valence electrons. The number of carbonyl (C=O) groups excluding carboxylic acids is 1. The number of hydrogen-bond donors (Lipinski definition) is 2. The minimum Gasteiger partial charge on any atom is -0.504 e.